The molecule has 16 rings (SSSR count). The van der Waals surface area contributed by atoms with Crippen molar-refractivity contribution in [3.05, 3.63) is 111 Å². The van der Waals surface area contributed by atoms with Crippen LogP contribution in [0, 0.1) is 14.9 Å². The van der Waals surface area contributed by atoms with Crippen LogP contribution in [0.25, 0.3) is 0 Å². The van der Waals surface area contributed by atoms with Gasteiger partial charge in [-0.1, -0.05) is 79.7 Å². The Hall–Kier alpha value is 1.11. The zero-order valence-corrected chi connectivity index (χ0v) is 57.5. The molecule has 72 heavy (non-hydrogen) atoms. The van der Waals surface area contributed by atoms with Crippen molar-refractivity contribution >= 4 is 0 Å². The van der Waals surface area contributed by atoms with Crippen LogP contribution in [0.1, 0.15) is 158 Å². The van der Waals surface area contributed by atoms with Gasteiger partial charge in [0.2, 0.25) is 0 Å². The minimum atomic E-state index is 0. The molecule has 14 heteroatoms. The Morgan fingerprint density at radius 1 is 0.375 bits per heavy atom. The summed E-state index contributed by atoms with van der Waals surface area (Å²) in [5, 5.41) is 17.7. The third kappa shape index (κ3) is 23.8. The van der Waals surface area contributed by atoms with Crippen molar-refractivity contribution in [2.45, 2.75) is 231 Å². The van der Waals surface area contributed by atoms with E-state index in [4.69, 9.17) is 19.3 Å². The molecule has 4 saturated carbocycles. The Kier molecular flexibility index (Phi) is 47.5. The Bertz CT molecular complexity index is 1490. The van der Waals surface area contributed by atoms with Crippen LogP contribution in [0.15, 0.2) is 95.9 Å². The first-order chi connectivity index (χ1) is 31.6. The van der Waals surface area contributed by atoms with Crippen molar-refractivity contribution in [2.75, 3.05) is 28.2 Å². The van der Waals surface area contributed by atoms with Gasteiger partial charge in [-0.05, 0) is 180 Å². The predicted molar refractivity (Wildman–Crippen MR) is 286 cm³/mol. The average Bonchev–Trinajstić information content (AvgIpc) is 4.24. The van der Waals surface area contributed by atoms with Crippen LogP contribution in [0.3, 0.4) is 0 Å². The maximum atomic E-state index is 9.20. The molecule has 12 fully saturated rings. The van der Waals surface area contributed by atoms with Crippen LogP contribution >= 0.6 is 0 Å². The van der Waals surface area contributed by atoms with Gasteiger partial charge in [0.15, 0.2) is 0 Å². The van der Waals surface area contributed by atoms with E-state index in [2.05, 4.69) is 102 Å². The number of rotatable bonds is 6. The van der Waals surface area contributed by atoms with Gasteiger partial charge in [-0.25, -0.2) is 0 Å². The van der Waals surface area contributed by atoms with E-state index in [0.717, 1.165) is 92.1 Å². The summed E-state index contributed by atoms with van der Waals surface area (Å²) in [6.45, 7) is 16.0. The van der Waals surface area contributed by atoms with Gasteiger partial charge >= 0.3 is 0 Å². The van der Waals surface area contributed by atoms with Crippen LogP contribution in [0.4, 0.5) is 0 Å². The molecule has 8 heterocycles. The van der Waals surface area contributed by atoms with E-state index in [-0.39, 0.29) is 148 Å². The summed E-state index contributed by atoms with van der Waals surface area (Å²) in [5.74, 6) is 3.69. The predicted octanol–water partition coefficient (Wildman–Crippen LogP) is 12.8. The SMILES string of the molecule is CC.CC.CC.CC.CN1C2CC(O)CC1C2.CN1C2CC(OC3=CCC=C3)CC1C2.CN1C2CC(OC3=CCC=C3)CC1C2.CN1C2CC(OC3=CCC=C3)CC1C2.OC1=CCC=C1.[CH3-].[CH3-].[Pd].[Pd].[Pd].[Y].[Y]. The summed E-state index contributed by atoms with van der Waals surface area (Å²) in [6, 6.07) is 6.19. The fourth-order valence-electron chi connectivity index (χ4n) is 11.0. The van der Waals surface area contributed by atoms with Crippen molar-refractivity contribution < 1.29 is 151 Å². The minimum Gasteiger partial charge on any atom is -0.508 e. The second-order valence-electron chi connectivity index (χ2n) is 18.6. The van der Waals surface area contributed by atoms with E-state index in [0.29, 0.717) is 36.2 Å². The molecular formula is C58H100N4O5Pd3Y2-2. The minimum absolute atomic E-state index is 0. The molecule has 0 aromatic rings. The van der Waals surface area contributed by atoms with Gasteiger partial charge in [-0.2, -0.15) is 0 Å². The maximum absolute atomic E-state index is 9.20. The van der Waals surface area contributed by atoms with Crippen molar-refractivity contribution in [1.29, 1.82) is 0 Å². The Morgan fingerprint density at radius 3 is 0.750 bits per heavy atom. The molecule has 8 aliphatic carbocycles. The van der Waals surface area contributed by atoms with E-state index in [9.17, 15) is 5.11 Å². The van der Waals surface area contributed by atoms with Gasteiger partial charge in [0.25, 0.3) is 0 Å². The first-order valence-electron chi connectivity index (χ1n) is 26.4. The number of nitrogens with zero attached hydrogens (tertiary/aromatic N) is 4. The molecule has 0 spiro atoms. The van der Waals surface area contributed by atoms with Gasteiger partial charge < -0.3 is 58.9 Å². The van der Waals surface area contributed by atoms with E-state index < -0.39 is 0 Å². The molecule has 8 bridgehead atoms. The molecule has 420 valence electrons. The monoisotopic (exact) mass is 1430 g/mol. The normalized spacial score (nSPS) is 31.9. The molecule has 2 N–H and O–H groups in total. The topological polar surface area (TPSA) is 81.1 Å². The summed E-state index contributed by atoms with van der Waals surface area (Å²) in [7, 11) is 8.88. The third-order valence-electron chi connectivity index (χ3n) is 15.0. The Morgan fingerprint density at radius 2 is 0.597 bits per heavy atom. The molecule has 8 saturated heterocycles. The summed E-state index contributed by atoms with van der Waals surface area (Å²) in [5.41, 5.74) is 0. The van der Waals surface area contributed by atoms with Crippen molar-refractivity contribution in [2.24, 2.45) is 0 Å². The number of piperidine rings is 4. The smallest absolute Gasteiger partial charge is 0.115 e. The number of fused-ring (bicyclic) bond motifs is 8. The number of ether oxygens (including phenoxy) is 3. The Balaban J connectivity index is -0.000000386. The first kappa shape index (κ1) is 79.6. The van der Waals surface area contributed by atoms with Gasteiger partial charge in [-0.3, -0.25) is 0 Å². The largest absolute Gasteiger partial charge is 0.508 e. The quantitative estimate of drug-likeness (QED) is 0.200. The van der Waals surface area contributed by atoms with Crippen LogP contribution in [0.5, 0.6) is 0 Å². The standard InChI is InChI=1S/3C12H17NO.C7H13NO.C5H6O.4C2H6.2CH3.3Pd.2Y/c3*1-13-9-6-10(13)8-12(7-9)14-11-4-2-3-5-11;1-8-5-2-6(8)4-7(9)3-5;6-5-3-1-2-4-5;4*1-2;;;;;;;/h3*2,4-5,9-10,12H,3,6-8H2,1H3;5-7,9H,2-4H2,1H3;1,3-4,6H,2H2;4*1-2H3;2*1H3;;;;;/q;;;;;;;;;2*-1;;;;;. The molecule has 0 amide bonds. The van der Waals surface area contributed by atoms with Crippen molar-refractivity contribution in [3.8, 4) is 0 Å². The van der Waals surface area contributed by atoms with Gasteiger partial charge in [-0.15, -0.1) is 0 Å². The molecular weight excluding hydrogens is 1330 g/mol. The summed E-state index contributed by atoms with van der Waals surface area (Å²) < 4.78 is 17.8. The van der Waals surface area contributed by atoms with E-state index in [1.165, 1.54) is 64.2 Å². The molecule has 0 aromatic carbocycles. The van der Waals surface area contributed by atoms with Crippen LogP contribution in [-0.4, -0.2) is 131 Å². The van der Waals surface area contributed by atoms with Gasteiger partial charge in [0.05, 0.1) is 6.10 Å². The fourth-order valence-corrected chi connectivity index (χ4v) is 11.0. The first-order valence-corrected chi connectivity index (χ1v) is 26.4. The van der Waals surface area contributed by atoms with Crippen LogP contribution < -0.4 is 0 Å². The number of hydrogen-bond acceptors (Lipinski definition) is 9. The summed E-state index contributed by atoms with van der Waals surface area (Å²) in [4.78, 5) is 9.88. The molecule has 8 unspecified atom stereocenters. The zero-order valence-electron chi connectivity index (χ0n) is 47.2. The molecule has 2 radical (unpaired) electrons. The Labute approximate surface area is 534 Å². The van der Waals surface area contributed by atoms with Gasteiger partial charge in [0.1, 0.15) is 41.3 Å². The van der Waals surface area contributed by atoms with Gasteiger partial charge in [0, 0.05) is 175 Å². The molecule has 16 aliphatic rings. The molecule has 8 atom stereocenters. The maximum Gasteiger partial charge on any atom is 0.115 e. The van der Waals surface area contributed by atoms with E-state index >= 15 is 0 Å². The summed E-state index contributed by atoms with van der Waals surface area (Å²) >= 11 is 0. The molecule has 9 nitrogen and oxygen atoms in total. The van der Waals surface area contributed by atoms with Crippen LogP contribution in [0.2, 0.25) is 0 Å². The van der Waals surface area contributed by atoms with Crippen molar-refractivity contribution in [1.82, 2.24) is 19.6 Å². The second kappa shape index (κ2) is 43.0. The van der Waals surface area contributed by atoms with E-state index in [1.54, 1.807) is 12.2 Å². The second-order valence-corrected chi connectivity index (χ2v) is 18.6. The van der Waals surface area contributed by atoms with Crippen LogP contribution in [-0.2, 0) is 141 Å². The number of hydrogen-bond donors (Lipinski definition) is 2. The average molecular weight is 1430 g/mol. The molecule has 8 aliphatic heterocycles. The number of aliphatic hydroxyl groups is 2. The number of aliphatic hydroxyl groups excluding tert-OH is 2. The third-order valence-corrected chi connectivity index (χ3v) is 15.0. The van der Waals surface area contributed by atoms with E-state index in [1.807, 2.05) is 61.5 Å². The fraction of sp³-hybridized carbons (Fsp3) is 0.690. The number of allylic oxidation sites excluding steroid dienone is 12. The zero-order chi connectivity index (χ0) is 47.5. The van der Waals surface area contributed by atoms with Crippen molar-refractivity contribution in [3.63, 3.8) is 0 Å². The molecule has 0 aromatic heterocycles. The summed E-state index contributed by atoms with van der Waals surface area (Å²) in [6.07, 6.45) is 45.0.